The molecule has 0 fully saturated rings. The van der Waals surface area contributed by atoms with Crippen molar-refractivity contribution >= 4 is 5.91 Å². The summed E-state index contributed by atoms with van der Waals surface area (Å²) in [7, 11) is 0. The number of hydrogen-bond acceptors (Lipinski definition) is 1. The van der Waals surface area contributed by atoms with Gasteiger partial charge in [-0.05, 0) is 30.2 Å². The number of rotatable bonds is 5. The summed E-state index contributed by atoms with van der Waals surface area (Å²) in [6, 6.07) is 10.3. The zero-order valence-corrected chi connectivity index (χ0v) is 11.8. The predicted octanol–water partition coefficient (Wildman–Crippen LogP) is 3.86. The van der Waals surface area contributed by atoms with Crippen molar-refractivity contribution < 1.29 is 4.79 Å². The largest absolute Gasteiger partial charge is 0.349 e. The quantitative estimate of drug-likeness (QED) is 0.797. The first-order chi connectivity index (χ1) is 9.16. The Kier molecular flexibility index (Phi) is 4.78. The summed E-state index contributed by atoms with van der Waals surface area (Å²) in [5, 5.41) is 3.19. The molecule has 1 N–H and O–H groups in total. The van der Waals surface area contributed by atoms with Gasteiger partial charge in [0.15, 0.2) is 0 Å². The second-order valence-corrected chi connectivity index (χ2v) is 5.67. The summed E-state index contributed by atoms with van der Waals surface area (Å²) in [4.78, 5) is 12.1. The van der Waals surface area contributed by atoms with E-state index in [1.807, 2.05) is 18.2 Å². The standard InChI is InChI=1S/C17H23NO/c1-13(2)17(15-10-4-3-5-11-15)18-16(19)12-14-8-6-7-9-14/h3-6,8,10-11,13-14,17H,7,9,12H2,1-2H3,(H,18,19). The molecule has 2 heteroatoms. The monoisotopic (exact) mass is 257 g/mol. The van der Waals surface area contributed by atoms with Crippen molar-refractivity contribution in [2.45, 2.75) is 39.2 Å². The van der Waals surface area contributed by atoms with Crippen LogP contribution in [-0.4, -0.2) is 5.91 Å². The minimum absolute atomic E-state index is 0.110. The highest BCUT2D eigenvalue weighted by Crippen LogP contribution is 2.24. The molecule has 1 aliphatic carbocycles. The van der Waals surface area contributed by atoms with Gasteiger partial charge >= 0.3 is 0 Å². The predicted molar refractivity (Wildman–Crippen MR) is 78.6 cm³/mol. The molecule has 0 aliphatic heterocycles. The third-order valence-corrected chi connectivity index (χ3v) is 3.70. The number of benzene rings is 1. The van der Waals surface area contributed by atoms with E-state index in [0.29, 0.717) is 18.3 Å². The number of hydrogen-bond donors (Lipinski definition) is 1. The molecule has 0 saturated heterocycles. The van der Waals surface area contributed by atoms with Crippen molar-refractivity contribution in [2.24, 2.45) is 11.8 Å². The van der Waals surface area contributed by atoms with Gasteiger partial charge < -0.3 is 5.32 Å². The van der Waals surface area contributed by atoms with E-state index in [0.717, 1.165) is 12.8 Å². The topological polar surface area (TPSA) is 29.1 Å². The Hall–Kier alpha value is -1.57. The van der Waals surface area contributed by atoms with Gasteiger partial charge in [0, 0.05) is 6.42 Å². The van der Waals surface area contributed by atoms with E-state index < -0.39 is 0 Å². The van der Waals surface area contributed by atoms with Crippen molar-refractivity contribution in [1.82, 2.24) is 5.32 Å². The van der Waals surface area contributed by atoms with Crippen LogP contribution in [-0.2, 0) is 4.79 Å². The number of amides is 1. The van der Waals surface area contributed by atoms with E-state index in [1.54, 1.807) is 0 Å². The summed E-state index contributed by atoms with van der Waals surface area (Å²) in [5.74, 6) is 0.994. The highest BCUT2D eigenvalue weighted by molar-refractivity contribution is 5.77. The Morgan fingerprint density at radius 2 is 2.05 bits per heavy atom. The molecule has 1 amide bonds. The van der Waals surface area contributed by atoms with Crippen molar-refractivity contribution in [1.29, 1.82) is 0 Å². The van der Waals surface area contributed by atoms with Crippen molar-refractivity contribution in [3.05, 3.63) is 48.0 Å². The minimum atomic E-state index is 0.110. The fourth-order valence-corrected chi connectivity index (χ4v) is 2.63. The Morgan fingerprint density at radius 1 is 1.32 bits per heavy atom. The molecule has 2 rings (SSSR count). The number of carbonyl (C=O) groups is 1. The lowest BCUT2D eigenvalue weighted by molar-refractivity contribution is -0.122. The van der Waals surface area contributed by atoms with Gasteiger partial charge in [0.25, 0.3) is 0 Å². The maximum absolute atomic E-state index is 12.1. The van der Waals surface area contributed by atoms with Crippen molar-refractivity contribution in [2.75, 3.05) is 0 Å². The lowest BCUT2D eigenvalue weighted by atomic mass is 9.95. The normalized spacial score (nSPS) is 19.6. The van der Waals surface area contributed by atoms with Gasteiger partial charge in [0.1, 0.15) is 0 Å². The van der Waals surface area contributed by atoms with E-state index >= 15 is 0 Å². The van der Waals surface area contributed by atoms with E-state index in [4.69, 9.17) is 0 Å². The van der Waals surface area contributed by atoms with Crippen LogP contribution in [0.5, 0.6) is 0 Å². The van der Waals surface area contributed by atoms with E-state index in [1.165, 1.54) is 5.56 Å². The van der Waals surface area contributed by atoms with Gasteiger partial charge in [0.2, 0.25) is 5.91 Å². The molecular weight excluding hydrogens is 234 g/mol. The van der Waals surface area contributed by atoms with Crippen LogP contribution in [0.2, 0.25) is 0 Å². The lowest BCUT2D eigenvalue weighted by Gasteiger charge is -2.23. The summed E-state index contributed by atoms with van der Waals surface area (Å²) in [6.07, 6.45) is 7.20. The molecule has 0 aromatic heterocycles. The molecule has 1 aliphatic rings. The average molecular weight is 257 g/mol. The SMILES string of the molecule is CC(C)C(NC(=O)CC1C=CCC1)c1ccccc1. The smallest absolute Gasteiger partial charge is 0.221 e. The first-order valence-corrected chi connectivity index (χ1v) is 7.18. The van der Waals surface area contributed by atoms with Crippen molar-refractivity contribution in [3.8, 4) is 0 Å². The molecule has 0 radical (unpaired) electrons. The zero-order chi connectivity index (χ0) is 13.7. The molecule has 2 atom stereocenters. The highest BCUT2D eigenvalue weighted by Gasteiger charge is 2.20. The molecule has 2 unspecified atom stereocenters. The molecule has 0 saturated carbocycles. The molecule has 1 aromatic carbocycles. The van der Waals surface area contributed by atoms with Crippen LogP contribution in [0.4, 0.5) is 0 Å². The van der Waals surface area contributed by atoms with Crippen molar-refractivity contribution in [3.63, 3.8) is 0 Å². The molecular formula is C17H23NO. The summed E-state index contributed by atoms with van der Waals surface area (Å²) < 4.78 is 0. The van der Waals surface area contributed by atoms with Crippen LogP contribution in [0, 0.1) is 11.8 Å². The Balaban J connectivity index is 1.97. The first-order valence-electron chi connectivity index (χ1n) is 7.18. The first kappa shape index (κ1) is 13.9. The third-order valence-electron chi connectivity index (χ3n) is 3.70. The molecule has 102 valence electrons. The fraction of sp³-hybridized carbons (Fsp3) is 0.471. The fourth-order valence-electron chi connectivity index (χ4n) is 2.63. The van der Waals surface area contributed by atoms with Gasteiger partial charge in [-0.2, -0.15) is 0 Å². The lowest BCUT2D eigenvalue weighted by Crippen LogP contribution is -2.32. The van der Waals surface area contributed by atoms with Crippen LogP contribution < -0.4 is 5.32 Å². The maximum atomic E-state index is 12.1. The number of nitrogens with one attached hydrogen (secondary N) is 1. The van der Waals surface area contributed by atoms with Crippen LogP contribution >= 0.6 is 0 Å². The van der Waals surface area contributed by atoms with E-state index in [9.17, 15) is 4.79 Å². The Labute approximate surface area is 115 Å². The van der Waals surface area contributed by atoms with Gasteiger partial charge in [-0.15, -0.1) is 0 Å². The second-order valence-electron chi connectivity index (χ2n) is 5.67. The molecule has 2 nitrogen and oxygen atoms in total. The van der Waals surface area contributed by atoms with E-state index in [2.05, 4.69) is 43.4 Å². The molecule has 0 bridgehead atoms. The molecule has 19 heavy (non-hydrogen) atoms. The summed E-state index contributed by atoms with van der Waals surface area (Å²) in [6.45, 7) is 4.29. The van der Waals surface area contributed by atoms with Crippen LogP contribution in [0.1, 0.15) is 44.7 Å². The van der Waals surface area contributed by atoms with Gasteiger partial charge in [-0.25, -0.2) is 0 Å². The van der Waals surface area contributed by atoms with Crippen LogP contribution in [0.25, 0.3) is 0 Å². The molecule has 0 spiro atoms. The Bertz CT molecular complexity index is 436. The third kappa shape index (κ3) is 3.95. The number of carbonyl (C=O) groups excluding carboxylic acids is 1. The zero-order valence-electron chi connectivity index (χ0n) is 11.8. The van der Waals surface area contributed by atoms with Crippen LogP contribution in [0.3, 0.4) is 0 Å². The molecule has 1 aromatic rings. The Morgan fingerprint density at radius 3 is 2.63 bits per heavy atom. The van der Waals surface area contributed by atoms with Crippen LogP contribution in [0.15, 0.2) is 42.5 Å². The average Bonchev–Trinajstić information content (AvgIpc) is 2.89. The van der Waals surface area contributed by atoms with E-state index in [-0.39, 0.29) is 11.9 Å². The number of allylic oxidation sites excluding steroid dienone is 2. The highest BCUT2D eigenvalue weighted by atomic mass is 16.1. The molecule has 0 heterocycles. The maximum Gasteiger partial charge on any atom is 0.221 e. The summed E-state index contributed by atoms with van der Waals surface area (Å²) >= 11 is 0. The van der Waals surface area contributed by atoms with Gasteiger partial charge in [-0.1, -0.05) is 56.3 Å². The summed E-state index contributed by atoms with van der Waals surface area (Å²) in [5.41, 5.74) is 1.19. The minimum Gasteiger partial charge on any atom is -0.349 e. The second kappa shape index (κ2) is 6.55. The van der Waals surface area contributed by atoms with Gasteiger partial charge in [-0.3, -0.25) is 4.79 Å². The van der Waals surface area contributed by atoms with Gasteiger partial charge in [0.05, 0.1) is 6.04 Å².